The first-order chi connectivity index (χ1) is 15.1. The highest BCUT2D eigenvalue weighted by molar-refractivity contribution is 5.91. The summed E-state index contributed by atoms with van der Waals surface area (Å²) in [6.45, 7) is 1.74. The van der Waals surface area contributed by atoms with Crippen molar-refractivity contribution in [3.63, 3.8) is 0 Å². The van der Waals surface area contributed by atoms with E-state index in [0.29, 0.717) is 0 Å². The van der Waals surface area contributed by atoms with Crippen LogP contribution >= 0.6 is 0 Å². The van der Waals surface area contributed by atoms with Crippen molar-refractivity contribution in [2.75, 3.05) is 6.54 Å². The number of nitrogens with zero attached hydrogens (tertiary/aromatic N) is 1. The quantitative estimate of drug-likeness (QED) is 0.432. The Labute approximate surface area is 182 Å². The first kappa shape index (κ1) is 21.7. The summed E-state index contributed by atoms with van der Waals surface area (Å²) in [7, 11) is 0. The van der Waals surface area contributed by atoms with Crippen molar-refractivity contribution in [2.24, 2.45) is 5.10 Å². The van der Waals surface area contributed by atoms with E-state index in [0.717, 1.165) is 22.3 Å². The average Bonchev–Trinajstić information content (AvgIpc) is 2.80. The highest BCUT2D eigenvalue weighted by atomic mass is 16.2. The molecule has 0 bridgehead atoms. The standard InChI is InChI=1S/C26H25N3O2/c1-20(17-21-11-5-2-6-12-21)18-28-29-24(30)19-27-26(31)25(22-13-7-3-8-14-22)23-15-9-4-10-16-23/h2-18,25H,19H2,1H3,(H,27,31)(H,29,30)/b20-17+,28-18-. The maximum atomic E-state index is 12.9. The molecule has 0 radical (unpaired) electrons. The van der Waals surface area contributed by atoms with Gasteiger partial charge in [-0.3, -0.25) is 9.59 Å². The Hall–Kier alpha value is -3.99. The molecule has 0 spiro atoms. The van der Waals surface area contributed by atoms with Gasteiger partial charge < -0.3 is 5.32 Å². The van der Waals surface area contributed by atoms with Crippen LogP contribution in [-0.2, 0) is 9.59 Å². The van der Waals surface area contributed by atoms with Crippen molar-refractivity contribution < 1.29 is 9.59 Å². The lowest BCUT2D eigenvalue weighted by Gasteiger charge is -2.17. The predicted molar refractivity (Wildman–Crippen MR) is 124 cm³/mol. The smallest absolute Gasteiger partial charge is 0.259 e. The van der Waals surface area contributed by atoms with Gasteiger partial charge in [0.05, 0.1) is 18.7 Å². The van der Waals surface area contributed by atoms with Gasteiger partial charge in [0.2, 0.25) is 5.91 Å². The minimum atomic E-state index is -0.491. The predicted octanol–water partition coefficient (Wildman–Crippen LogP) is 4.14. The first-order valence-corrected chi connectivity index (χ1v) is 10.1. The van der Waals surface area contributed by atoms with Crippen molar-refractivity contribution in [3.8, 4) is 0 Å². The van der Waals surface area contributed by atoms with Crippen molar-refractivity contribution in [1.82, 2.24) is 10.7 Å². The Kier molecular flexibility index (Phi) is 7.89. The van der Waals surface area contributed by atoms with Gasteiger partial charge in [-0.2, -0.15) is 5.10 Å². The zero-order valence-corrected chi connectivity index (χ0v) is 17.4. The van der Waals surface area contributed by atoms with Gasteiger partial charge in [-0.1, -0.05) is 97.1 Å². The third-order valence-electron chi connectivity index (χ3n) is 4.60. The molecule has 0 saturated heterocycles. The molecule has 3 aromatic rings. The van der Waals surface area contributed by atoms with Crippen LogP contribution in [0.25, 0.3) is 6.08 Å². The number of benzene rings is 3. The fourth-order valence-corrected chi connectivity index (χ4v) is 3.15. The van der Waals surface area contributed by atoms with E-state index in [9.17, 15) is 9.59 Å². The fraction of sp³-hybridized carbons (Fsp3) is 0.115. The molecule has 0 fully saturated rings. The molecule has 31 heavy (non-hydrogen) atoms. The van der Waals surface area contributed by atoms with Crippen molar-refractivity contribution >= 4 is 24.1 Å². The van der Waals surface area contributed by atoms with Crippen molar-refractivity contribution in [3.05, 3.63) is 113 Å². The van der Waals surface area contributed by atoms with Crippen LogP contribution in [0.5, 0.6) is 0 Å². The van der Waals surface area contributed by atoms with Gasteiger partial charge in [0.15, 0.2) is 0 Å². The largest absolute Gasteiger partial charge is 0.346 e. The molecular formula is C26H25N3O2. The van der Waals surface area contributed by atoms with E-state index in [-0.39, 0.29) is 12.5 Å². The molecule has 0 aliphatic carbocycles. The van der Waals surface area contributed by atoms with E-state index in [2.05, 4.69) is 15.8 Å². The lowest BCUT2D eigenvalue weighted by Crippen LogP contribution is -2.37. The monoisotopic (exact) mass is 411 g/mol. The lowest BCUT2D eigenvalue weighted by molar-refractivity contribution is -0.126. The van der Waals surface area contributed by atoms with Crippen LogP contribution in [0.2, 0.25) is 0 Å². The van der Waals surface area contributed by atoms with Gasteiger partial charge >= 0.3 is 0 Å². The van der Waals surface area contributed by atoms with Crippen LogP contribution in [0.3, 0.4) is 0 Å². The van der Waals surface area contributed by atoms with Gasteiger partial charge in [0.1, 0.15) is 0 Å². The SMILES string of the molecule is CC(/C=N\NC(=O)CNC(=O)C(c1ccccc1)c1ccccc1)=C\c1ccccc1. The van der Waals surface area contributed by atoms with Crippen LogP contribution < -0.4 is 10.7 Å². The number of hydrogen-bond acceptors (Lipinski definition) is 3. The third-order valence-corrected chi connectivity index (χ3v) is 4.60. The van der Waals surface area contributed by atoms with E-state index in [1.54, 1.807) is 6.21 Å². The number of hydrazone groups is 1. The maximum Gasteiger partial charge on any atom is 0.259 e. The third kappa shape index (κ3) is 6.78. The molecule has 3 aromatic carbocycles. The molecule has 5 heteroatoms. The summed E-state index contributed by atoms with van der Waals surface area (Å²) < 4.78 is 0. The highest BCUT2D eigenvalue weighted by Crippen LogP contribution is 2.24. The molecule has 0 unspecified atom stereocenters. The molecule has 3 rings (SSSR count). The summed E-state index contributed by atoms with van der Waals surface area (Å²) >= 11 is 0. The van der Waals surface area contributed by atoms with E-state index in [1.807, 2.05) is 104 Å². The van der Waals surface area contributed by atoms with Crippen LogP contribution in [0.15, 0.2) is 102 Å². The van der Waals surface area contributed by atoms with Gasteiger partial charge in [-0.25, -0.2) is 5.43 Å². The number of nitrogens with one attached hydrogen (secondary N) is 2. The van der Waals surface area contributed by atoms with Gasteiger partial charge in [0, 0.05) is 0 Å². The molecular weight excluding hydrogens is 386 g/mol. The zero-order chi connectivity index (χ0) is 21.9. The number of carbonyl (C=O) groups is 2. The van der Waals surface area contributed by atoms with Gasteiger partial charge in [0.25, 0.3) is 5.91 Å². The van der Waals surface area contributed by atoms with E-state index >= 15 is 0 Å². The van der Waals surface area contributed by atoms with Gasteiger partial charge in [-0.05, 0) is 29.2 Å². The zero-order valence-electron chi connectivity index (χ0n) is 17.4. The molecule has 0 aliphatic rings. The summed E-state index contributed by atoms with van der Waals surface area (Å²) in [5, 5.41) is 6.68. The molecule has 0 aromatic heterocycles. The van der Waals surface area contributed by atoms with E-state index < -0.39 is 11.8 Å². The summed E-state index contributed by atoms with van der Waals surface area (Å²) in [5.74, 6) is -1.12. The summed E-state index contributed by atoms with van der Waals surface area (Å²) in [4.78, 5) is 25.0. The molecule has 0 heterocycles. The van der Waals surface area contributed by atoms with Crippen molar-refractivity contribution in [2.45, 2.75) is 12.8 Å². The second kappa shape index (κ2) is 11.3. The summed E-state index contributed by atoms with van der Waals surface area (Å²) in [6.07, 6.45) is 3.53. The number of hydrogen-bond donors (Lipinski definition) is 2. The minimum absolute atomic E-state index is 0.159. The molecule has 2 amide bonds. The second-order valence-electron chi connectivity index (χ2n) is 7.06. The maximum absolute atomic E-state index is 12.9. The Bertz CT molecular complexity index is 1010. The van der Waals surface area contributed by atoms with Crippen molar-refractivity contribution in [1.29, 1.82) is 0 Å². The second-order valence-corrected chi connectivity index (χ2v) is 7.06. The van der Waals surface area contributed by atoms with E-state index in [4.69, 9.17) is 0 Å². The molecule has 0 aliphatic heterocycles. The topological polar surface area (TPSA) is 70.6 Å². The number of allylic oxidation sites excluding steroid dienone is 1. The average molecular weight is 412 g/mol. The van der Waals surface area contributed by atoms with Crippen LogP contribution in [0.4, 0.5) is 0 Å². The molecule has 2 N–H and O–H groups in total. The minimum Gasteiger partial charge on any atom is -0.346 e. The normalized spacial score (nSPS) is 11.5. The Morgan fingerprint density at radius 2 is 1.35 bits per heavy atom. The van der Waals surface area contributed by atoms with Crippen LogP contribution in [-0.4, -0.2) is 24.6 Å². The summed E-state index contributed by atoms with van der Waals surface area (Å²) in [6, 6.07) is 28.9. The van der Waals surface area contributed by atoms with E-state index in [1.165, 1.54) is 0 Å². The first-order valence-electron chi connectivity index (χ1n) is 10.1. The Balaban J connectivity index is 1.57. The number of carbonyl (C=O) groups excluding carboxylic acids is 2. The molecule has 0 atom stereocenters. The number of amides is 2. The van der Waals surface area contributed by atoms with Gasteiger partial charge in [-0.15, -0.1) is 0 Å². The fourth-order valence-electron chi connectivity index (χ4n) is 3.15. The lowest BCUT2D eigenvalue weighted by atomic mass is 9.90. The Morgan fingerprint density at radius 3 is 1.90 bits per heavy atom. The Morgan fingerprint density at radius 1 is 0.839 bits per heavy atom. The number of rotatable bonds is 8. The molecule has 156 valence electrons. The van der Waals surface area contributed by atoms with Crippen LogP contribution in [0, 0.1) is 0 Å². The molecule has 0 saturated carbocycles. The summed E-state index contributed by atoms with van der Waals surface area (Å²) in [5.41, 5.74) is 6.13. The van der Waals surface area contributed by atoms with Crippen LogP contribution in [0.1, 0.15) is 29.5 Å². The highest BCUT2D eigenvalue weighted by Gasteiger charge is 2.22. The molecule has 5 nitrogen and oxygen atoms in total.